The van der Waals surface area contributed by atoms with Crippen molar-refractivity contribution in [2.75, 3.05) is 5.32 Å². The molecule has 1 aromatic heterocycles. The van der Waals surface area contributed by atoms with Crippen molar-refractivity contribution in [2.45, 2.75) is 25.8 Å². The van der Waals surface area contributed by atoms with Crippen molar-refractivity contribution in [2.24, 2.45) is 0 Å². The molecule has 5 heteroatoms. The Morgan fingerprint density at radius 3 is 2.78 bits per heavy atom. The van der Waals surface area contributed by atoms with Crippen LogP contribution in [-0.2, 0) is 17.8 Å². The van der Waals surface area contributed by atoms with Gasteiger partial charge in [0.25, 0.3) is 0 Å². The maximum absolute atomic E-state index is 10.3. The average molecular weight is 242 g/mol. The van der Waals surface area contributed by atoms with E-state index in [1.54, 1.807) is 0 Å². The Morgan fingerprint density at radius 2 is 2.00 bits per heavy atom. The Morgan fingerprint density at radius 1 is 1.17 bits per heavy atom. The number of aryl methyl sites for hydroxylation is 1. The van der Waals surface area contributed by atoms with Gasteiger partial charge in [0.2, 0.25) is 6.41 Å². The number of nitrogens with zero attached hydrogens (tertiary/aromatic N) is 3. The zero-order valence-electron chi connectivity index (χ0n) is 9.97. The van der Waals surface area contributed by atoms with Crippen LogP contribution in [0.4, 0.5) is 5.69 Å². The van der Waals surface area contributed by atoms with Crippen LogP contribution in [0, 0.1) is 0 Å². The highest BCUT2D eigenvalue weighted by Crippen LogP contribution is 2.23. The molecule has 18 heavy (non-hydrogen) atoms. The van der Waals surface area contributed by atoms with Gasteiger partial charge in [0.1, 0.15) is 5.82 Å². The number of amides is 1. The second-order valence-corrected chi connectivity index (χ2v) is 4.39. The zero-order chi connectivity index (χ0) is 12.4. The Labute approximate surface area is 105 Å². The lowest BCUT2D eigenvalue weighted by Crippen LogP contribution is -2.11. The molecule has 0 saturated carbocycles. The molecule has 0 aliphatic carbocycles. The van der Waals surface area contributed by atoms with Gasteiger partial charge in [-0.05, 0) is 37.1 Å². The Hall–Kier alpha value is -2.17. The third kappa shape index (κ3) is 1.88. The summed E-state index contributed by atoms with van der Waals surface area (Å²) in [5.74, 6) is 1.99. The molecule has 2 aromatic rings. The van der Waals surface area contributed by atoms with E-state index in [1.807, 2.05) is 24.3 Å². The minimum absolute atomic E-state index is 0.675. The molecule has 3 rings (SSSR count). The molecule has 0 unspecified atom stereocenters. The summed E-state index contributed by atoms with van der Waals surface area (Å²) in [5.41, 5.74) is 1.82. The summed E-state index contributed by atoms with van der Waals surface area (Å²) in [7, 11) is 0. The van der Waals surface area contributed by atoms with Crippen molar-refractivity contribution >= 4 is 12.1 Å². The van der Waals surface area contributed by atoms with Gasteiger partial charge in [-0.15, -0.1) is 10.2 Å². The topological polar surface area (TPSA) is 59.8 Å². The van der Waals surface area contributed by atoms with Gasteiger partial charge in [0, 0.05) is 24.2 Å². The molecule has 0 radical (unpaired) electrons. The third-order valence-electron chi connectivity index (χ3n) is 3.23. The van der Waals surface area contributed by atoms with Crippen LogP contribution in [0.3, 0.4) is 0 Å². The highest BCUT2D eigenvalue weighted by molar-refractivity contribution is 5.72. The first kappa shape index (κ1) is 11.0. The van der Waals surface area contributed by atoms with E-state index in [-0.39, 0.29) is 0 Å². The van der Waals surface area contributed by atoms with Gasteiger partial charge in [-0.1, -0.05) is 0 Å². The molecular weight excluding hydrogens is 228 g/mol. The molecule has 0 bridgehead atoms. The van der Waals surface area contributed by atoms with Gasteiger partial charge in [0.05, 0.1) is 0 Å². The summed E-state index contributed by atoms with van der Waals surface area (Å²) in [4.78, 5) is 10.3. The van der Waals surface area contributed by atoms with E-state index in [4.69, 9.17) is 0 Å². The van der Waals surface area contributed by atoms with Gasteiger partial charge in [-0.3, -0.25) is 4.79 Å². The second-order valence-electron chi connectivity index (χ2n) is 4.39. The lowest BCUT2D eigenvalue weighted by atomic mass is 10.1. The molecule has 5 nitrogen and oxygen atoms in total. The largest absolute Gasteiger partial charge is 0.329 e. The quantitative estimate of drug-likeness (QED) is 0.835. The summed E-state index contributed by atoms with van der Waals surface area (Å²) in [6.07, 6.45) is 4.06. The van der Waals surface area contributed by atoms with Crippen LogP contribution >= 0.6 is 0 Å². The van der Waals surface area contributed by atoms with Gasteiger partial charge in [-0.2, -0.15) is 0 Å². The van der Waals surface area contributed by atoms with Crippen molar-refractivity contribution in [1.82, 2.24) is 14.8 Å². The highest BCUT2D eigenvalue weighted by atomic mass is 16.1. The summed E-state index contributed by atoms with van der Waals surface area (Å²) < 4.78 is 2.19. The maximum atomic E-state index is 10.3. The van der Waals surface area contributed by atoms with Crippen LogP contribution in [0.25, 0.3) is 11.4 Å². The number of anilines is 1. The first-order valence-electron chi connectivity index (χ1n) is 6.11. The van der Waals surface area contributed by atoms with Crippen molar-refractivity contribution in [3.8, 4) is 11.4 Å². The fourth-order valence-electron chi connectivity index (χ4n) is 2.31. The van der Waals surface area contributed by atoms with Crippen molar-refractivity contribution in [3.63, 3.8) is 0 Å². The first-order chi connectivity index (χ1) is 8.88. The monoisotopic (exact) mass is 242 g/mol. The number of fused-ring (bicyclic) bond motifs is 1. The molecule has 92 valence electrons. The van der Waals surface area contributed by atoms with Gasteiger partial charge < -0.3 is 9.88 Å². The van der Waals surface area contributed by atoms with Crippen molar-refractivity contribution in [1.29, 1.82) is 0 Å². The predicted octanol–water partition coefficient (Wildman–Crippen LogP) is 1.85. The van der Waals surface area contributed by atoms with Crippen LogP contribution in [0.2, 0.25) is 0 Å². The molecule has 1 aromatic carbocycles. The highest BCUT2D eigenvalue weighted by Gasteiger charge is 2.16. The van der Waals surface area contributed by atoms with E-state index in [2.05, 4.69) is 20.1 Å². The summed E-state index contributed by atoms with van der Waals surface area (Å²) in [5, 5.41) is 11.1. The number of benzene rings is 1. The number of hydrogen-bond donors (Lipinski definition) is 1. The Balaban J connectivity index is 1.94. The van der Waals surface area contributed by atoms with Crippen LogP contribution < -0.4 is 5.32 Å². The summed E-state index contributed by atoms with van der Waals surface area (Å²) in [6.45, 7) is 0.992. The van der Waals surface area contributed by atoms with Gasteiger partial charge in [-0.25, -0.2) is 0 Å². The van der Waals surface area contributed by atoms with E-state index in [9.17, 15) is 4.79 Å². The standard InChI is InChI=1S/C13H14N4O/c18-9-14-11-6-4-10(5-7-11)13-16-15-12-3-1-2-8-17(12)13/h4-7,9H,1-3,8H2,(H,14,18). The average Bonchev–Trinajstić information content (AvgIpc) is 2.84. The van der Waals surface area contributed by atoms with E-state index >= 15 is 0 Å². The fourth-order valence-corrected chi connectivity index (χ4v) is 2.31. The van der Waals surface area contributed by atoms with E-state index < -0.39 is 0 Å². The molecule has 2 heterocycles. The number of rotatable bonds is 3. The van der Waals surface area contributed by atoms with Crippen LogP contribution in [0.5, 0.6) is 0 Å². The smallest absolute Gasteiger partial charge is 0.211 e. The normalized spacial score (nSPS) is 14.0. The number of aromatic nitrogens is 3. The molecule has 1 N–H and O–H groups in total. The van der Waals surface area contributed by atoms with Crippen molar-refractivity contribution in [3.05, 3.63) is 30.1 Å². The number of nitrogens with one attached hydrogen (secondary N) is 1. The fraction of sp³-hybridized carbons (Fsp3) is 0.308. The minimum Gasteiger partial charge on any atom is -0.329 e. The molecule has 1 aliphatic rings. The van der Waals surface area contributed by atoms with Crippen molar-refractivity contribution < 1.29 is 4.79 Å². The van der Waals surface area contributed by atoms with Crippen LogP contribution in [0.15, 0.2) is 24.3 Å². The van der Waals surface area contributed by atoms with E-state index in [1.165, 1.54) is 12.8 Å². The molecule has 0 spiro atoms. The maximum Gasteiger partial charge on any atom is 0.211 e. The lowest BCUT2D eigenvalue weighted by molar-refractivity contribution is -0.105. The molecule has 0 fully saturated rings. The number of carbonyl (C=O) groups is 1. The minimum atomic E-state index is 0.675. The molecule has 0 atom stereocenters. The second kappa shape index (κ2) is 4.60. The third-order valence-corrected chi connectivity index (χ3v) is 3.23. The number of carbonyl (C=O) groups excluding carboxylic acids is 1. The molecule has 1 amide bonds. The zero-order valence-corrected chi connectivity index (χ0v) is 9.97. The Bertz CT molecular complexity index is 559. The Kier molecular flexibility index (Phi) is 2.80. The van der Waals surface area contributed by atoms with E-state index in [0.29, 0.717) is 6.41 Å². The predicted molar refractivity (Wildman–Crippen MR) is 68.1 cm³/mol. The van der Waals surface area contributed by atoms with Crippen LogP contribution in [-0.4, -0.2) is 21.2 Å². The first-order valence-corrected chi connectivity index (χ1v) is 6.11. The SMILES string of the molecule is O=CNc1ccc(-c2nnc3n2CCCC3)cc1. The summed E-state index contributed by atoms with van der Waals surface area (Å²) in [6, 6.07) is 7.65. The van der Waals surface area contributed by atoms with E-state index in [0.717, 1.165) is 35.9 Å². The van der Waals surface area contributed by atoms with Crippen LogP contribution in [0.1, 0.15) is 18.7 Å². The molecule has 0 saturated heterocycles. The lowest BCUT2D eigenvalue weighted by Gasteiger charge is -2.14. The van der Waals surface area contributed by atoms with Gasteiger partial charge in [0.15, 0.2) is 5.82 Å². The number of hydrogen-bond acceptors (Lipinski definition) is 3. The molecular formula is C13H14N4O. The summed E-state index contributed by atoms with van der Waals surface area (Å²) >= 11 is 0. The molecule has 1 aliphatic heterocycles. The van der Waals surface area contributed by atoms with Gasteiger partial charge >= 0.3 is 0 Å².